The second kappa shape index (κ2) is 20.6. The van der Waals surface area contributed by atoms with Crippen LogP contribution in [0.3, 0.4) is 0 Å². The Morgan fingerprint density at radius 1 is 0.857 bits per heavy atom. The molecule has 0 bridgehead atoms. The first-order chi connectivity index (χ1) is 12.9. The first-order valence-electron chi connectivity index (χ1n) is 10.5. The van der Waals surface area contributed by atoms with Gasteiger partial charge in [0.2, 0.25) is 0 Å². The van der Waals surface area contributed by atoms with E-state index in [2.05, 4.69) is 6.92 Å². The van der Waals surface area contributed by atoms with Crippen LogP contribution in [0.2, 0.25) is 0 Å². The number of unbranched alkanes of at least 4 members (excludes halogenated alkanes) is 9. The van der Waals surface area contributed by atoms with Crippen LogP contribution in [0.1, 0.15) is 85.0 Å². The molecule has 0 aliphatic carbocycles. The summed E-state index contributed by atoms with van der Waals surface area (Å²) in [4.78, 5) is 0.238. The standard InChI is InChI=1S/C18H30O3S.C4H10O.Ca.2H/c1-2-3-4-5-6-7-8-9-10-14-17-21-22(19,20)18-15-12-11-13-16-18;1-4(2)3-5;;;/h11-13,15-16H,2-10,14,17H2,1H3;4-5H,3H2,1-2H3;;;. The van der Waals surface area contributed by atoms with E-state index in [0.717, 1.165) is 12.8 Å². The molecule has 0 unspecified atom stereocenters. The average molecular weight is 443 g/mol. The number of hydrogen-bond acceptors (Lipinski definition) is 4. The van der Waals surface area contributed by atoms with Gasteiger partial charge in [0.25, 0.3) is 10.1 Å². The van der Waals surface area contributed by atoms with Crippen molar-refractivity contribution in [3.05, 3.63) is 30.3 Å². The van der Waals surface area contributed by atoms with Crippen molar-refractivity contribution >= 4 is 47.9 Å². The molecule has 0 aliphatic rings. The minimum atomic E-state index is -3.57. The van der Waals surface area contributed by atoms with Gasteiger partial charge in [-0.05, 0) is 24.5 Å². The molecule has 28 heavy (non-hydrogen) atoms. The third-order valence-electron chi connectivity index (χ3n) is 4.13. The summed E-state index contributed by atoms with van der Waals surface area (Å²) in [7, 11) is -3.57. The van der Waals surface area contributed by atoms with Crippen LogP contribution >= 0.6 is 0 Å². The first-order valence-corrected chi connectivity index (χ1v) is 11.9. The van der Waals surface area contributed by atoms with Crippen LogP contribution in [-0.4, -0.2) is 64.5 Å². The summed E-state index contributed by atoms with van der Waals surface area (Å²) < 4.78 is 28.8. The van der Waals surface area contributed by atoms with Gasteiger partial charge in [-0.15, -0.1) is 0 Å². The van der Waals surface area contributed by atoms with E-state index in [0.29, 0.717) is 12.5 Å². The average Bonchev–Trinajstić information content (AvgIpc) is 2.67. The van der Waals surface area contributed by atoms with Crippen LogP contribution in [-0.2, 0) is 14.3 Å². The molecule has 0 spiro atoms. The van der Waals surface area contributed by atoms with Crippen molar-refractivity contribution in [3.63, 3.8) is 0 Å². The summed E-state index contributed by atoms with van der Waals surface area (Å²) in [5.74, 6) is 0.440. The van der Waals surface area contributed by atoms with E-state index < -0.39 is 10.1 Å². The van der Waals surface area contributed by atoms with Crippen molar-refractivity contribution in [3.8, 4) is 0 Å². The molecular weight excluding hydrogens is 400 g/mol. The van der Waals surface area contributed by atoms with Crippen LogP contribution in [0.4, 0.5) is 0 Å². The SMILES string of the molecule is CC(C)CO.CCCCCCCCCCCCOS(=O)(=O)c1ccccc1.[CaH2]. The van der Waals surface area contributed by atoms with E-state index >= 15 is 0 Å². The zero-order chi connectivity index (χ0) is 20.4. The van der Waals surface area contributed by atoms with Crippen molar-refractivity contribution in [1.82, 2.24) is 0 Å². The number of hydrogen-bond donors (Lipinski definition) is 1. The summed E-state index contributed by atoms with van der Waals surface area (Å²) in [5, 5.41) is 8.14. The van der Waals surface area contributed by atoms with Crippen molar-refractivity contribution in [2.45, 2.75) is 89.9 Å². The van der Waals surface area contributed by atoms with Crippen molar-refractivity contribution in [2.24, 2.45) is 5.92 Å². The van der Waals surface area contributed by atoms with Gasteiger partial charge < -0.3 is 5.11 Å². The van der Waals surface area contributed by atoms with Crippen molar-refractivity contribution in [1.29, 1.82) is 0 Å². The number of aliphatic hydroxyl groups is 1. The summed E-state index contributed by atoms with van der Waals surface area (Å²) in [5.41, 5.74) is 0. The first kappa shape index (κ1) is 30.5. The minimum absolute atomic E-state index is 0. The Labute approximate surface area is 203 Å². The maximum atomic E-state index is 11.9. The number of rotatable bonds is 14. The molecule has 6 heteroatoms. The van der Waals surface area contributed by atoms with E-state index in [1.165, 1.54) is 51.4 Å². The zero-order valence-corrected chi connectivity index (χ0v) is 18.3. The van der Waals surface area contributed by atoms with Crippen LogP contribution < -0.4 is 0 Å². The van der Waals surface area contributed by atoms with E-state index in [1.807, 2.05) is 13.8 Å². The normalized spacial score (nSPS) is 10.9. The predicted octanol–water partition coefficient (Wildman–Crippen LogP) is 5.03. The molecule has 162 valence electrons. The van der Waals surface area contributed by atoms with Gasteiger partial charge in [-0.25, -0.2) is 0 Å². The van der Waals surface area contributed by atoms with Crippen LogP contribution in [0.15, 0.2) is 35.2 Å². The second-order valence-electron chi connectivity index (χ2n) is 7.35. The molecule has 0 amide bonds. The fraction of sp³-hybridized carbons (Fsp3) is 0.727. The molecule has 1 N–H and O–H groups in total. The molecule has 0 heterocycles. The van der Waals surface area contributed by atoms with E-state index in [-0.39, 0.29) is 49.2 Å². The van der Waals surface area contributed by atoms with Crippen LogP contribution in [0.25, 0.3) is 0 Å². The summed E-state index contributed by atoms with van der Waals surface area (Å²) in [6.07, 6.45) is 12.3. The maximum absolute atomic E-state index is 11.9. The zero-order valence-electron chi connectivity index (χ0n) is 17.5. The second-order valence-corrected chi connectivity index (χ2v) is 8.96. The molecule has 1 aromatic carbocycles. The van der Waals surface area contributed by atoms with Gasteiger partial charge >= 0.3 is 37.7 Å². The van der Waals surface area contributed by atoms with Gasteiger partial charge in [-0.2, -0.15) is 8.42 Å². The predicted molar refractivity (Wildman–Crippen MR) is 122 cm³/mol. The molecule has 1 aromatic rings. The topological polar surface area (TPSA) is 63.6 Å². The fourth-order valence-electron chi connectivity index (χ4n) is 2.41. The molecule has 0 atom stereocenters. The van der Waals surface area contributed by atoms with Crippen molar-refractivity contribution < 1.29 is 17.7 Å². The summed E-state index contributed by atoms with van der Waals surface area (Å²) >= 11 is 0. The molecule has 0 saturated carbocycles. The molecule has 1 rings (SSSR count). The molecule has 4 nitrogen and oxygen atoms in total. The number of aliphatic hydroxyl groups excluding tert-OH is 1. The van der Waals surface area contributed by atoms with E-state index in [4.69, 9.17) is 9.29 Å². The number of benzene rings is 1. The third-order valence-corrected chi connectivity index (χ3v) is 5.46. The molecular formula is C22H42CaO4S. The van der Waals surface area contributed by atoms with E-state index in [9.17, 15) is 8.42 Å². The Balaban J connectivity index is 0. The Kier molecular flexibility index (Phi) is 22.5. The van der Waals surface area contributed by atoms with Gasteiger partial charge in [0, 0.05) is 6.61 Å². The van der Waals surface area contributed by atoms with Gasteiger partial charge in [0.05, 0.1) is 11.5 Å². The van der Waals surface area contributed by atoms with Gasteiger partial charge in [0.15, 0.2) is 0 Å². The van der Waals surface area contributed by atoms with Gasteiger partial charge in [-0.1, -0.05) is 96.8 Å². The molecule has 0 fully saturated rings. The van der Waals surface area contributed by atoms with E-state index in [1.54, 1.807) is 30.3 Å². The Hall–Kier alpha value is 0.350. The molecule has 0 aromatic heterocycles. The summed E-state index contributed by atoms with van der Waals surface area (Å²) in [6, 6.07) is 8.33. The molecule has 0 saturated heterocycles. The Morgan fingerprint density at radius 2 is 1.29 bits per heavy atom. The quantitative estimate of drug-likeness (QED) is 0.249. The fourth-order valence-corrected chi connectivity index (χ4v) is 3.38. The van der Waals surface area contributed by atoms with Crippen LogP contribution in [0, 0.1) is 5.92 Å². The third kappa shape index (κ3) is 18.4. The van der Waals surface area contributed by atoms with Gasteiger partial charge in [0.1, 0.15) is 0 Å². The van der Waals surface area contributed by atoms with Crippen molar-refractivity contribution in [2.75, 3.05) is 13.2 Å². The van der Waals surface area contributed by atoms with Gasteiger partial charge in [-0.3, -0.25) is 4.18 Å². The summed E-state index contributed by atoms with van der Waals surface area (Å²) in [6.45, 7) is 6.77. The Bertz CT molecular complexity index is 533. The van der Waals surface area contributed by atoms with Crippen LogP contribution in [0.5, 0.6) is 0 Å². The monoisotopic (exact) mass is 442 g/mol. The molecule has 0 radical (unpaired) electrons. The Morgan fingerprint density at radius 3 is 1.71 bits per heavy atom. The molecule has 0 aliphatic heterocycles.